The van der Waals surface area contributed by atoms with Crippen LogP contribution in [-0.4, -0.2) is 55.9 Å². The van der Waals surface area contributed by atoms with E-state index in [1.54, 1.807) is 0 Å². The Morgan fingerprint density at radius 2 is 2.21 bits per heavy atom. The summed E-state index contributed by atoms with van der Waals surface area (Å²) in [6, 6.07) is 7.85. The Balaban J connectivity index is 1.66. The van der Waals surface area contributed by atoms with Gasteiger partial charge in [-0.05, 0) is 37.5 Å². The van der Waals surface area contributed by atoms with E-state index < -0.39 is 0 Å². The average molecular weight is 352 g/mol. The summed E-state index contributed by atoms with van der Waals surface area (Å²) in [7, 11) is 0. The van der Waals surface area contributed by atoms with Crippen molar-refractivity contribution in [1.29, 1.82) is 0 Å². The second-order valence-corrected chi connectivity index (χ2v) is 6.64. The van der Waals surface area contributed by atoms with Gasteiger partial charge in [0.05, 0.1) is 19.3 Å². The molecule has 3 rings (SSSR count). The number of nitrogens with zero attached hydrogens (tertiary/aromatic N) is 2. The summed E-state index contributed by atoms with van der Waals surface area (Å²) in [5.41, 5.74) is 1.11. The molecule has 0 radical (unpaired) electrons. The van der Waals surface area contributed by atoms with Crippen molar-refractivity contribution in [3.8, 4) is 0 Å². The smallest absolute Gasteiger partial charge is 0.194 e. The maximum atomic E-state index is 6.06. The quantitative estimate of drug-likeness (QED) is 0.669. The Labute approximate surface area is 149 Å². The zero-order chi connectivity index (χ0) is 16.8. The molecule has 0 amide bonds. The van der Waals surface area contributed by atoms with Gasteiger partial charge in [-0.1, -0.05) is 23.7 Å². The third-order valence-corrected chi connectivity index (χ3v) is 4.64. The molecule has 1 N–H and O–H groups in total. The van der Waals surface area contributed by atoms with E-state index in [1.165, 1.54) is 0 Å². The lowest BCUT2D eigenvalue weighted by Gasteiger charge is -2.37. The largest absolute Gasteiger partial charge is 0.375 e. The second-order valence-electron chi connectivity index (χ2n) is 6.21. The second kappa shape index (κ2) is 8.70. The lowest BCUT2D eigenvalue weighted by molar-refractivity contribution is -0.0817. The Morgan fingerprint density at radius 3 is 2.96 bits per heavy atom. The van der Waals surface area contributed by atoms with Crippen LogP contribution >= 0.6 is 11.6 Å². The minimum Gasteiger partial charge on any atom is -0.375 e. The lowest BCUT2D eigenvalue weighted by atomic mass is 10.1. The predicted octanol–water partition coefficient (Wildman–Crippen LogP) is 2.69. The Kier molecular flexibility index (Phi) is 6.35. The molecule has 0 bridgehead atoms. The van der Waals surface area contributed by atoms with Crippen LogP contribution < -0.4 is 5.32 Å². The molecule has 1 aromatic rings. The zero-order valence-corrected chi connectivity index (χ0v) is 15.0. The maximum Gasteiger partial charge on any atom is 0.194 e. The van der Waals surface area contributed by atoms with Crippen LogP contribution in [0, 0.1) is 0 Å². The van der Waals surface area contributed by atoms with Gasteiger partial charge in [0, 0.05) is 31.3 Å². The van der Waals surface area contributed by atoms with Crippen molar-refractivity contribution in [1.82, 2.24) is 10.2 Å². The molecule has 2 unspecified atom stereocenters. The van der Waals surface area contributed by atoms with E-state index in [9.17, 15) is 0 Å². The molecule has 24 heavy (non-hydrogen) atoms. The number of hydrogen-bond acceptors (Lipinski definition) is 3. The highest BCUT2D eigenvalue weighted by Gasteiger charge is 2.32. The predicted molar refractivity (Wildman–Crippen MR) is 96.6 cm³/mol. The summed E-state index contributed by atoms with van der Waals surface area (Å²) in [6.45, 7) is 6.80. The van der Waals surface area contributed by atoms with Gasteiger partial charge in [0.25, 0.3) is 0 Å². The highest BCUT2D eigenvalue weighted by atomic mass is 35.5. The topological polar surface area (TPSA) is 46.1 Å². The van der Waals surface area contributed by atoms with Gasteiger partial charge in [0.15, 0.2) is 5.96 Å². The fourth-order valence-corrected chi connectivity index (χ4v) is 3.43. The third-order valence-electron chi connectivity index (χ3n) is 4.41. The van der Waals surface area contributed by atoms with Gasteiger partial charge in [-0.3, -0.25) is 0 Å². The molecule has 2 atom stereocenters. The van der Waals surface area contributed by atoms with E-state index in [1.807, 2.05) is 24.3 Å². The molecule has 132 valence electrons. The van der Waals surface area contributed by atoms with Crippen molar-refractivity contribution >= 4 is 17.6 Å². The minimum absolute atomic E-state index is 0.135. The summed E-state index contributed by atoms with van der Waals surface area (Å²) < 4.78 is 11.7. The summed E-state index contributed by atoms with van der Waals surface area (Å²) in [5, 5.41) is 4.14. The Morgan fingerprint density at radius 1 is 1.33 bits per heavy atom. The fraction of sp³-hybridized carbons (Fsp3) is 0.611. The summed E-state index contributed by atoms with van der Waals surface area (Å²) in [5.74, 6) is 0.934. The molecule has 2 aliphatic heterocycles. The third kappa shape index (κ3) is 4.62. The Bertz CT molecular complexity index is 561. The first kappa shape index (κ1) is 17.5. The van der Waals surface area contributed by atoms with Crippen LogP contribution in [-0.2, 0) is 16.0 Å². The molecule has 0 saturated carbocycles. The van der Waals surface area contributed by atoms with Crippen LogP contribution in [0.25, 0.3) is 0 Å². The minimum atomic E-state index is 0.135. The van der Waals surface area contributed by atoms with Gasteiger partial charge in [0.2, 0.25) is 0 Å². The molecular weight excluding hydrogens is 326 g/mol. The van der Waals surface area contributed by atoms with Crippen LogP contribution in [0.1, 0.15) is 25.3 Å². The van der Waals surface area contributed by atoms with Crippen molar-refractivity contribution in [3.63, 3.8) is 0 Å². The average Bonchev–Trinajstić information content (AvgIpc) is 3.13. The molecular formula is C18H26ClN3O2. The number of rotatable bonds is 4. The van der Waals surface area contributed by atoms with Gasteiger partial charge in [0.1, 0.15) is 6.10 Å². The van der Waals surface area contributed by atoms with Crippen LogP contribution in [0.4, 0.5) is 0 Å². The van der Waals surface area contributed by atoms with Crippen molar-refractivity contribution in [2.75, 3.05) is 32.8 Å². The van der Waals surface area contributed by atoms with Crippen molar-refractivity contribution < 1.29 is 9.47 Å². The van der Waals surface area contributed by atoms with Crippen molar-refractivity contribution in [3.05, 3.63) is 34.9 Å². The van der Waals surface area contributed by atoms with E-state index >= 15 is 0 Å². The number of morpholine rings is 1. The number of nitrogens with one attached hydrogen (secondary N) is 1. The molecule has 2 saturated heterocycles. The number of halogens is 1. The van der Waals surface area contributed by atoms with Gasteiger partial charge in [-0.15, -0.1) is 0 Å². The molecule has 2 fully saturated rings. The first-order chi connectivity index (χ1) is 11.8. The first-order valence-electron chi connectivity index (χ1n) is 8.77. The van der Waals surface area contributed by atoms with Gasteiger partial charge >= 0.3 is 0 Å². The lowest BCUT2D eigenvalue weighted by Crippen LogP contribution is -2.53. The summed E-state index contributed by atoms with van der Waals surface area (Å²) in [4.78, 5) is 7.07. The zero-order valence-electron chi connectivity index (χ0n) is 14.2. The maximum absolute atomic E-state index is 6.06. The number of aliphatic imine (C=N–C) groups is 1. The number of benzene rings is 1. The molecule has 2 heterocycles. The molecule has 1 aromatic carbocycles. The number of hydrogen-bond donors (Lipinski definition) is 1. The highest BCUT2D eigenvalue weighted by Crippen LogP contribution is 2.21. The summed E-state index contributed by atoms with van der Waals surface area (Å²) in [6.07, 6.45) is 2.59. The van der Waals surface area contributed by atoms with E-state index in [0.29, 0.717) is 13.2 Å². The molecule has 5 nitrogen and oxygen atoms in total. The highest BCUT2D eigenvalue weighted by molar-refractivity contribution is 6.30. The number of guanidine groups is 1. The van der Waals surface area contributed by atoms with Crippen LogP contribution in [0.15, 0.2) is 29.3 Å². The summed E-state index contributed by atoms with van der Waals surface area (Å²) >= 11 is 6.06. The van der Waals surface area contributed by atoms with E-state index in [0.717, 1.165) is 55.6 Å². The molecule has 0 spiro atoms. The van der Waals surface area contributed by atoms with Gasteiger partial charge in [-0.2, -0.15) is 0 Å². The number of ether oxygens (including phenoxy) is 2. The van der Waals surface area contributed by atoms with E-state index in [2.05, 4.69) is 17.1 Å². The standard InChI is InChI=1S/C18H26ClN3O2/c1-2-20-18(21-12-14-5-3-6-15(19)11-14)22-8-10-24-17(13-22)16-7-4-9-23-16/h3,5-6,11,16-17H,2,4,7-10,12-13H2,1H3,(H,20,21). The van der Waals surface area contributed by atoms with Crippen molar-refractivity contribution in [2.24, 2.45) is 4.99 Å². The first-order valence-corrected chi connectivity index (χ1v) is 9.15. The Hall–Kier alpha value is -1.30. The molecule has 6 heteroatoms. The van der Waals surface area contributed by atoms with Crippen molar-refractivity contribution in [2.45, 2.75) is 38.5 Å². The van der Waals surface area contributed by atoms with Crippen LogP contribution in [0.3, 0.4) is 0 Å². The molecule has 0 aromatic heterocycles. The van der Waals surface area contributed by atoms with E-state index in [4.69, 9.17) is 26.1 Å². The van der Waals surface area contributed by atoms with E-state index in [-0.39, 0.29) is 12.2 Å². The van der Waals surface area contributed by atoms with Crippen LogP contribution in [0.5, 0.6) is 0 Å². The van der Waals surface area contributed by atoms with Gasteiger partial charge < -0.3 is 19.7 Å². The normalized spacial score (nSPS) is 25.1. The molecule has 0 aliphatic carbocycles. The fourth-order valence-electron chi connectivity index (χ4n) is 3.22. The monoisotopic (exact) mass is 351 g/mol. The van der Waals surface area contributed by atoms with Gasteiger partial charge in [-0.25, -0.2) is 4.99 Å². The van der Waals surface area contributed by atoms with Crippen LogP contribution in [0.2, 0.25) is 5.02 Å². The SMILES string of the molecule is CCNC(=NCc1cccc(Cl)c1)N1CCOC(C2CCCO2)C1. The molecule has 2 aliphatic rings.